The van der Waals surface area contributed by atoms with Gasteiger partial charge in [-0.25, -0.2) is 4.98 Å². The lowest BCUT2D eigenvalue weighted by Gasteiger charge is -2.07. The van der Waals surface area contributed by atoms with Gasteiger partial charge in [-0.2, -0.15) is 11.8 Å². The fourth-order valence-electron chi connectivity index (χ4n) is 1.31. The third-order valence-electron chi connectivity index (χ3n) is 2.49. The zero-order valence-corrected chi connectivity index (χ0v) is 12.3. The van der Waals surface area contributed by atoms with Crippen molar-refractivity contribution in [2.75, 3.05) is 12.8 Å². The van der Waals surface area contributed by atoms with Crippen molar-refractivity contribution < 1.29 is 0 Å². The molecule has 1 unspecified atom stereocenters. The fourth-order valence-corrected chi connectivity index (χ4v) is 2.55. The largest absolute Gasteiger partial charge is 0.312 e. The van der Waals surface area contributed by atoms with Gasteiger partial charge in [0.2, 0.25) is 0 Å². The van der Waals surface area contributed by atoms with E-state index < -0.39 is 0 Å². The summed E-state index contributed by atoms with van der Waals surface area (Å²) in [7, 11) is 0. The van der Waals surface area contributed by atoms with E-state index in [1.165, 1.54) is 16.3 Å². The molecule has 1 rings (SSSR count). The molecule has 1 aromatic rings. The summed E-state index contributed by atoms with van der Waals surface area (Å²) < 4.78 is 0. The molecule has 2 nitrogen and oxygen atoms in total. The summed E-state index contributed by atoms with van der Waals surface area (Å²) in [6.45, 7) is 8.71. The topological polar surface area (TPSA) is 24.9 Å². The van der Waals surface area contributed by atoms with Crippen LogP contribution in [0.4, 0.5) is 0 Å². The number of rotatable bonds is 7. The molecule has 4 heteroatoms. The number of hydrogen-bond acceptors (Lipinski definition) is 4. The summed E-state index contributed by atoms with van der Waals surface area (Å²) in [5, 5.41) is 5.47. The molecule has 0 bridgehead atoms. The maximum Gasteiger partial charge on any atom is 0.0953 e. The van der Waals surface area contributed by atoms with Crippen LogP contribution in [0, 0.1) is 0 Å². The first-order valence-electron chi connectivity index (χ1n) is 5.81. The molecule has 1 N–H and O–H groups in total. The van der Waals surface area contributed by atoms with Crippen molar-refractivity contribution in [3.8, 4) is 0 Å². The second-order valence-corrected chi connectivity index (χ2v) is 6.75. The maximum atomic E-state index is 4.42. The molecule has 0 aromatic carbocycles. The molecule has 0 radical (unpaired) electrons. The average molecular weight is 258 g/mol. The van der Waals surface area contributed by atoms with Crippen LogP contribution in [0.15, 0.2) is 6.20 Å². The van der Waals surface area contributed by atoms with Crippen LogP contribution in [0.25, 0.3) is 0 Å². The van der Waals surface area contributed by atoms with Crippen LogP contribution in [0.5, 0.6) is 0 Å². The summed E-state index contributed by atoms with van der Waals surface area (Å²) >= 11 is 3.76. The fraction of sp³-hybridized carbons (Fsp3) is 0.750. The van der Waals surface area contributed by atoms with Gasteiger partial charge in [-0.1, -0.05) is 20.8 Å². The standard InChI is InChI=1S/C12H22N2S2/c1-9(2)12-14-8-11(16-12)7-13-6-5-10(3)15-4/h8-10,13H,5-7H2,1-4H3. The van der Waals surface area contributed by atoms with E-state index in [1.54, 1.807) is 0 Å². The Bertz CT molecular complexity index is 297. The zero-order chi connectivity index (χ0) is 12.0. The van der Waals surface area contributed by atoms with Crippen molar-refractivity contribution in [3.05, 3.63) is 16.1 Å². The molecule has 0 saturated carbocycles. The van der Waals surface area contributed by atoms with E-state index in [1.807, 2.05) is 29.3 Å². The quantitative estimate of drug-likeness (QED) is 0.758. The highest BCUT2D eigenvalue weighted by Gasteiger charge is 2.05. The van der Waals surface area contributed by atoms with Gasteiger partial charge < -0.3 is 5.32 Å². The predicted octanol–water partition coefficient (Wildman–Crippen LogP) is 3.50. The highest BCUT2D eigenvalue weighted by Crippen LogP contribution is 2.20. The normalized spacial score (nSPS) is 13.3. The number of nitrogens with zero attached hydrogens (tertiary/aromatic N) is 1. The van der Waals surface area contributed by atoms with E-state index in [9.17, 15) is 0 Å². The van der Waals surface area contributed by atoms with E-state index in [0.29, 0.717) is 5.92 Å². The van der Waals surface area contributed by atoms with Gasteiger partial charge in [0.1, 0.15) is 0 Å². The molecule has 0 aliphatic carbocycles. The van der Waals surface area contributed by atoms with Gasteiger partial charge in [-0.15, -0.1) is 11.3 Å². The Labute approximate surface area is 107 Å². The summed E-state index contributed by atoms with van der Waals surface area (Å²) in [6.07, 6.45) is 5.41. The molecule has 0 aliphatic rings. The van der Waals surface area contributed by atoms with Gasteiger partial charge in [-0.05, 0) is 19.2 Å². The van der Waals surface area contributed by atoms with Crippen LogP contribution in [0.1, 0.15) is 43.0 Å². The number of thiazole rings is 1. The molecule has 1 atom stereocenters. The maximum absolute atomic E-state index is 4.42. The lowest BCUT2D eigenvalue weighted by Crippen LogP contribution is -2.16. The first-order chi connectivity index (χ1) is 7.63. The van der Waals surface area contributed by atoms with E-state index in [2.05, 4.69) is 37.3 Å². The Morgan fingerprint density at radius 2 is 2.19 bits per heavy atom. The molecule has 0 amide bonds. The minimum atomic E-state index is 0.551. The third kappa shape index (κ3) is 4.85. The van der Waals surface area contributed by atoms with Gasteiger partial charge in [0.15, 0.2) is 0 Å². The van der Waals surface area contributed by atoms with E-state index in [0.717, 1.165) is 18.3 Å². The molecule has 16 heavy (non-hydrogen) atoms. The van der Waals surface area contributed by atoms with Crippen molar-refractivity contribution >= 4 is 23.1 Å². The molecule has 92 valence electrons. The Hall–Kier alpha value is -0.0600. The zero-order valence-electron chi connectivity index (χ0n) is 10.6. The van der Waals surface area contributed by atoms with E-state index in [4.69, 9.17) is 0 Å². The summed E-state index contributed by atoms with van der Waals surface area (Å²) in [6, 6.07) is 0. The van der Waals surface area contributed by atoms with Crippen molar-refractivity contribution in [1.82, 2.24) is 10.3 Å². The van der Waals surface area contributed by atoms with Crippen LogP contribution in [0.3, 0.4) is 0 Å². The van der Waals surface area contributed by atoms with Gasteiger partial charge in [0.05, 0.1) is 5.01 Å². The molecule has 0 saturated heterocycles. The average Bonchev–Trinajstić information content (AvgIpc) is 2.72. The van der Waals surface area contributed by atoms with Gasteiger partial charge in [-0.3, -0.25) is 0 Å². The lowest BCUT2D eigenvalue weighted by molar-refractivity contribution is 0.652. The van der Waals surface area contributed by atoms with Crippen molar-refractivity contribution in [2.45, 2.75) is 44.9 Å². The number of aromatic nitrogens is 1. The van der Waals surface area contributed by atoms with Gasteiger partial charge >= 0.3 is 0 Å². The van der Waals surface area contributed by atoms with E-state index in [-0.39, 0.29) is 0 Å². The number of nitrogens with one attached hydrogen (secondary N) is 1. The first-order valence-corrected chi connectivity index (χ1v) is 7.92. The summed E-state index contributed by atoms with van der Waals surface area (Å²) in [5.41, 5.74) is 0. The Kier molecular flexibility index (Phi) is 6.39. The van der Waals surface area contributed by atoms with Crippen LogP contribution >= 0.6 is 23.1 Å². The number of thioether (sulfide) groups is 1. The van der Waals surface area contributed by atoms with Crippen LogP contribution in [0.2, 0.25) is 0 Å². The second-order valence-electron chi connectivity index (χ2n) is 4.33. The van der Waals surface area contributed by atoms with Crippen LogP contribution < -0.4 is 5.32 Å². The SMILES string of the molecule is CSC(C)CCNCc1cnc(C(C)C)s1. The summed E-state index contributed by atoms with van der Waals surface area (Å²) in [4.78, 5) is 5.77. The summed E-state index contributed by atoms with van der Waals surface area (Å²) in [5.74, 6) is 0.551. The Balaban J connectivity index is 2.21. The predicted molar refractivity (Wildman–Crippen MR) is 75.5 cm³/mol. The van der Waals surface area contributed by atoms with Gasteiger partial charge in [0.25, 0.3) is 0 Å². The monoisotopic (exact) mass is 258 g/mol. The highest BCUT2D eigenvalue weighted by molar-refractivity contribution is 7.99. The lowest BCUT2D eigenvalue weighted by atomic mass is 10.2. The first kappa shape index (κ1) is 14.0. The molecule has 1 aromatic heterocycles. The Morgan fingerprint density at radius 3 is 2.75 bits per heavy atom. The van der Waals surface area contributed by atoms with Crippen molar-refractivity contribution in [3.63, 3.8) is 0 Å². The van der Waals surface area contributed by atoms with Crippen molar-refractivity contribution in [2.24, 2.45) is 0 Å². The van der Waals surface area contributed by atoms with Crippen LogP contribution in [-0.4, -0.2) is 23.0 Å². The Morgan fingerprint density at radius 1 is 1.44 bits per heavy atom. The minimum absolute atomic E-state index is 0.551. The molecule has 0 fully saturated rings. The molecular weight excluding hydrogens is 236 g/mol. The molecular formula is C12H22N2S2. The molecule has 0 spiro atoms. The van der Waals surface area contributed by atoms with Crippen LogP contribution in [-0.2, 0) is 6.54 Å². The number of hydrogen-bond donors (Lipinski definition) is 1. The second kappa shape index (κ2) is 7.30. The highest BCUT2D eigenvalue weighted by atomic mass is 32.2. The van der Waals surface area contributed by atoms with Gasteiger partial charge in [0, 0.05) is 28.8 Å². The van der Waals surface area contributed by atoms with E-state index >= 15 is 0 Å². The molecule has 1 heterocycles. The van der Waals surface area contributed by atoms with Crippen molar-refractivity contribution in [1.29, 1.82) is 0 Å². The smallest absolute Gasteiger partial charge is 0.0953 e. The molecule has 0 aliphatic heterocycles. The minimum Gasteiger partial charge on any atom is -0.312 e. The third-order valence-corrected chi connectivity index (χ3v) is 4.83.